The molecule has 0 fully saturated rings. The Labute approximate surface area is 106 Å². The lowest BCUT2D eigenvalue weighted by molar-refractivity contribution is -0.121. The van der Waals surface area contributed by atoms with Crippen molar-refractivity contribution < 1.29 is 13.6 Å². The zero-order chi connectivity index (χ0) is 13.5. The minimum atomic E-state index is -0.967. The van der Waals surface area contributed by atoms with Gasteiger partial charge in [0.1, 0.15) is 6.04 Å². The van der Waals surface area contributed by atoms with Crippen molar-refractivity contribution in [3.8, 4) is 0 Å². The summed E-state index contributed by atoms with van der Waals surface area (Å²) in [6.45, 7) is 4.22. The highest BCUT2D eigenvalue weighted by Gasteiger charge is 2.15. The third-order valence-electron chi connectivity index (χ3n) is 2.55. The van der Waals surface area contributed by atoms with Gasteiger partial charge in [0.15, 0.2) is 11.6 Å². The van der Waals surface area contributed by atoms with E-state index in [0.29, 0.717) is 6.54 Å². The molecule has 5 heteroatoms. The van der Waals surface area contributed by atoms with Gasteiger partial charge in [0, 0.05) is 6.54 Å². The van der Waals surface area contributed by atoms with E-state index in [9.17, 15) is 13.6 Å². The zero-order valence-electron chi connectivity index (χ0n) is 10.6. The number of carbonyl (C=O) groups excluding carboxylic acids is 1. The summed E-state index contributed by atoms with van der Waals surface area (Å²) in [4.78, 5) is 11.6. The molecule has 0 bridgehead atoms. The van der Waals surface area contributed by atoms with Crippen LogP contribution in [-0.2, 0) is 4.79 Å². The second-order valence-electron chi connectivity index (χ2n) is 4.11. The van der Waals surface area contributed by atoms with Crippen LogP contribution in [0.15, 0.2) is 18.2 Å². The molecule has 0 saturated carbocycles. The summed E-state index contributed by atoms with van der Waals surface area (Å²) in [5, 5.41) is 5.37. The Morgan fingerprint density at radius 3 is 2.78 bits per heavy atom. The number of unbranched alkanes of at least 4 members (excludes halogenated alkanes) is 1. The number of amides is 1. The standard InChI is InChI=1S/C13H18F2N2O/c1-3-4-8-16-13(18)9(2)17-11-7-5-6-10(14)12(11)15/h5-7,9,17H,3-4,8H2,1-2H3,(H,16,18). The molecule has 0 heterocycles. The molecule has 0 saturated heterocycles. The van der Waals surface area contributed by atoms with E-state index < -0.39 is 17.7 Å². The fourth-order valence-corrected chi connectivity index (χ4v) is 1.46. The van der Waals surface area contributed by atoms with Gasteiger partial charge in [0.25, 0.3) is 0 Å². The Morgan fingerprint density at radius 2 is 2.11 bits per heavy atom. The first-order valence-electron chi connectivity index (χ1n) is 6.04. The highest BCUT2D eigenvalue weighted by Crippen LogP contribution is 2.17. The highest BCUT2D eigenvalue weighted by molar-refractivity contribution is 5.84. The molecule has 0 aromatic heterocycles. The smallest absolute Gasteiger partial charge is 0.242 e. The van der Waals surface area contributed by atoms with Crippen molar-refractivity contribution in [2.24, 2.45) is 0 Å². The van der Waals surface area contributed by atoms with Crippen molar-refractivity contribution in [2.45, 2.75) is 32.7 Å². The average Bonchev–Trinajstić information content (AvgIpc) is 2.35. The molecule has 1 atom stereocenters. The van der Waals surface area contributed by atoms with Crippen molar-refractivity contribution in [3.63, 3.8) is 0 Å². The van der Waals surface area contributed by atoms with Crippen LogP contribution in [0.3, 0.4) is 0 Å². The third-order valence-corrected chi connectivity index (χ3v) is 2.55. The van der Waals surface area contributed by atoms with Gasteiger partial charge in [-0.1, -0.05) is 19.4 Å². The Morgan fingerprint density at radius 1 is 1.39 bits per heavy atom. The van der Waals surface area contributed by atoms with Gasteiger partial charge in [0.2, 0.25) is 5.91 Å². The van der Waals surface area contributed by atoms with Crippen molar-refractivity contribution in [2.75, 3.05) is 11.9 Å². The largest absolute Gasteiger partial charge is 0.371 e. The summed E-state index contributed by atoms with van der Waals surface area (Å²) in [6, 6.07) is 3.21. The minimum absolute atomic E-state index is 0.00635. The van der Waals surface area contributed by atoms with E-state index >= 15 is 0 Å². The summed E-state index contributed by atoms with van der Waals surface area (Å²) in [6.07, 6.45) is 1.88. The maximum Gasteiger partial charge on any atom is 0.242 e. The quantitative estimate of drug-likeness (QED) is 0.768. The Hall–Kier alpha value is -1.65. The third kappa shape index (κ3) is 3.98. The van der Waals surface area contributed by atoms with E-state index in [4.69, 9.17) is 0 Å². The topological polar surface area (TPSA) is 41.1 Å². The number of nitrogens with one attached hydrogen (secondary N) is 2. The van der Waals surface area contributed by atoms with Crippen LogP contribution in [-0.4, -0.2) is 18.5 Å². The molecule has 1 unspecified atom stereocenters. The molecule has 1 aromatic rings. The van der Waals surface area contributed by atoms with E-state index in [1.165, 1.54) is 12.1 Å². The maximum absolute atomic E-state index is 13.4. The normalized spacial score (nSPS) is 12.0. The number of hydrogen-bond donors (Lipinski definition) is 2. The predicted octanol–water partition coefficient (Wildman–Crippen LogP) is 2.68. The van der Waals surface area contributed by atoms with Crippen molar-refractivity contribution in [1.29, 1.82) is 0 Å². The van der Waals surface area contributed by atoms with Gasteiger partial charge < -0.3 is 10.6 Å². The second-order valence-corrected chi connectivity index (χ2v) is 4.11. The van der Waals surface area contributed by atoms with Crippen molar-refractivity contribution in [1.82, 2.24) is 5.32 Å². The first-order valence-corrected chi connectivity index (χ1v) is 6.04. The van der Waals surface area contributed by atoms with Gasteiger partial charge in [-0.15, -0.1) is 0 Å². The van der Waals surface area contributed by atoms with E-state index in [2.05, 4.69) is 10.6 Å². The summed E-state index contributed by atoms with van der Waals surface area (Å²) < 4.78 is 26.3. The first kappa shape index (κ1) is 14.4. The van der Waals surface area contributed by atoms with Gasteiger partial charge in [-0.3, -0.25) is 4.79 Å². The molecular formula is C13H18F2N2O. The molecule has 0 spiro atoms. The molecule has 1 amide bonds. The minimum Gasteiger partial charge on any atom is -0.371 e. The lowest BCUT2D eigenvalue weighted by atomic mass is 10.2. The molecule has 0 aliphatic carbocycles. The lowest BCUT2D eigenvalue weighted by Gasteiger charge is -2.15. The molecule has 100 valence electrons. The van der Waals surface area contributed by atoms with Gasteiger partial charge in [-0.2, -0.15) is 0 Å². The summed E-state index contributed by atoms with van der Waals surface area (Å²) in [7, 11) is 0. The monoisotopic (exact) mass is 256 g/mol. The highest BCUT2D eigenvalue weighted by atomic mass is 19.2. The Bertz CT molecular complexity index is 410. The van der Waals surface area contributed by atoms with Crippen molar-refractivity contribution >= 4 is 11.6 Å². The van der Waals surface area contributed by atoms with Gasteiger partial charge >= 0.3 is 0 Å². The lowest BCUT2D eigenvalue weighted by Crippen LogP contribution is -2.38. The number of benzene rings is 1. The molecule has 1 rings (SSSR count). The van der Waals surface area contributed by atoms with Crippen LogP contribution in [0.1, 0.15) is 26.7 Å². The average molecular weight is 256 g/mol. The molecule has 3 nitrogen and oxygen atoms in total. The molecule has 1 aromatic carbocycles. The summed E-state index contributed by atoms with van der Waals surface area (Å²) in [5.74, 6) is -2.13. The fraction of sp³-hybridized carbons (Fsp3) is 0.462. The first-order chi connectivity index (χ1) is 8.56. The van der Waals surface area contributed by atoms with Crippen LogP contribution >= 0.6 is 0 Å². The summed E-state index contributed by atoms with van der Waals surface area (Å²) in [5.41, 5.74) is -0.00635. The molecular weight excluding hydrogens is 238 g/mol. The van der Waals surface area contributed by atoms with Crippen LogP contribution in [0, 0.1) is 11.6 Å². The molecule has 0 aliphatic rings. The van der Waals surface area contributed by atoms with E-state index in [0.717, 1.165) is 18.9 Å². The van der Waals surface area contributed by atoms with Crippen LogP contribution in [0.4, 0.5) is 14.5 Å². The predicted molar refractivity (Wildman–Crippen MR) is 67.4 cm³/mol. The maximum atomic E-state index is 13.4. The number of carbonyl (C=O) groups is 1. The summed E-state index contributed by atoms with van der Waals surface area (Å²) >= 11 is 0. The van der Waals surface area contributed by atoms with Crippen LogP contribution in [0.2, 0.25) is 0 Å². The Balaban J connectivity index is 2.56. The SMILES string of the molecule is CCCCNC(=O)C(C)Nc1cccc(F)c1F. The number of hydrogen-bond acceptors (Lipinski definition) is 2. The number of halogens is 2. The fourth-order valence-electron chi connectivity index (χ4n) is 1.46. The molecule has 0 radical (unpaired) electrons. The Kier molecular flexibility index (Phi) is 5.55. The molecule has 18 heavy (non-hydrogen) atoms. The second kappa shape index (κ2) is 6.93. The van der Waals surface area contributed by atoms with Gasteiger partial charge in [0.05, 0.1) is 5.69 Å². The molecule has 0 aliphatic heterocycles. The van der Waals surface area contributed by atoms with Crippen LogP contribution < -0.4 is 10.6 Å². The van der Waals surface area contributed by atoms with E-state index in [1.54, 1.807) is 6.92 Å². The van der Waals surface area contributed by atoms with E-state index in [-0.39, 0.29) is 11.6 Å². The zero-order valence-corrected chi connectivity index (χ0v) is 10.6. The van der Waals surface area contributed by atoms with Gasteiger partial charge in [-0.25, -0.2) is 8.78 Å². The molecule has 2 N–H and O–H groups in total. The number of rotatable bonds is 6. The number of anilines is 1. The van der Waals surface area contributed by atoms with Crippen molar-refractivity contribution in [3.05, 3.63) is 29.8 Å². The van der Waals surface area contributed by atoms with Gasteiger partial charge in [-0.05, 0) is 25.5 Å². The van der Waals surface area contributed by atoms with Crippen LogP contribution in [0.25, 0.3) is 0 Å². The van der Waals surface area contributed by atoms with Crippen LogP contribution in [0.5, 0.6) is 0 Å². The van der Waals surface area contributed by atoms with E-state index in [1.807, 2.05) is 6.92 Å².